The average Bonchev–Trinajstić information content (AvgIpc) is 3.19. The van der Waals surface area contributed by atoms with Crippen molar-refractivity contribution < 1.29 is 9.59 Å². The highest BCUT2D eigenvalue weighted by atomic mass is 32.1. The fourth-order valence-electron chi connectivity index (χ4n) is 3.01. The predicted octanol–water partition coefficient (Wildman–Crippen LogP) is 2.68. The number of nitrogens with one attached hydrogen (secondary N) is 1. The zero-order valence-electron chi connectivity index (χ0n) is 14.6. The third kappa shape index (κ3) is 4.45. The van der Waals surface area contributed by atoms with Gasteiger partial charge in [-0.1, -0.05) is 31.2 Å². The van der Waals surface area contributed by atoms with Crippen molar-refractivity contribution in [2.24, 2.45) is 5.92 Å². The predicted molar refractivity (Wildman–Crippen MR) is 98.0 cm³/mol. The molecule has 2 amide bonds. The highest BCUT2D eigenvalue weighted by molar-refractivity contribution is 7.09. The molecule has 1 N–H and O–H groups in total. The monoisotopic (exact) mass is 357 g/mol. The SMILES string of the molecule is CCc1ccc(CN2CC(C(=O)NCc3csc(C)n3)CC2=O)cc1. The largest absolute Gasteiger partial charge is 0.350 e. The molecular formula is C19H23N3O2S. The number of rotatable bonds is 6. The number of carbonyl (C=O) groups excluding carboxylic acids is 2. The number of aromatic nitrogens is 1. The lowest BCUT2D eigenvalue weighted by Gasteiger charge is -2.17. The van der Waals surface area contributed by atoms with Gasteiger partial charge in [0, 0.05) is 24.9 Å². The van der Waals surface area contributed by atoms with E-state index in [0.717, 1.165) is 22.7 Å². The molecule has 1 aliphatic rings. The van der Waals surface area contributed by atoms with E-state index in [1.165, 1.54) is 5.56 Å². The molecule has 1 aromatic carbocycles. The molecule has 1 atom stereocenters. The first kappa shape index (κ1) is 17.6. The molecule has 0 saturated carbocycles. The molecule has 3 rings (SSSR count). The standard InChI is InChI=1S/C19H23N3O2S/c1-3-14-4-6-15(7-5-14)10-22-11-16(8-18(22)23)19(24)20-9-17-12-25-13(2)21-17/h4-7,12,16H,3,8-11H2,1-2H3,(H,20,24). The molecule has 2 aromatic rings. The van der Waals surface area contributed by atoms with Crippen LogP contribution in [0.2, 0.25) is 0 Å². The summed E-state index contributed by atoms with van der Waals surface area (Å²) in [6.45, 7) is 5.53. The third-order valence-electron chi connectivity index (χ3n) is 4.50. The van der Waals surface area contributed by atoms with E-state index in [2.05, 4.69) is 41.5 Å². The number of likely N-dealkylation sites (tertiary alicyclic amines) is 1. The summed E-state index contributed by atoms with van der Waals surface area (Å²) in [6, 6.07) is 8.31. The molecule has 1 aromatic heterocycles. The van der Waals surface area contributed by atoms with Gasteiger partial charge in [-0.05, 0) is 24.5 Å². The first-order valence-corrected chi connectivity index (χ1v) is 9.47. The van der Waals surface area contributed by atoms with Crippen LogP contribution in [0.25, 0.3) is 0 Å². The lowest BCUT2D eigenvalue weighted by molar-refractivity contribution is -0.129. The van der Waals surface area contributed by atoms with Crippen molar-refractivity contribution in [2.45, 2.75) is 39.8 Å². The number of aryl methyl sites for hydroxylation is 2. The maximum Gasteiger partial charge on any atom is 0.225 e. The normalized spacial score (nSPS) is 17.1. The van der Waals surface area contributed by atoms with Crippen LogP contribution in [0.3, 0.4) is 0 Å². The summed E-state index contributed by atoms with van der Waals surface area (Å²) in [5, 5.41) is 5.83. The van der Waals surface area contributed by atoms with E-state index in [0.29, 0.717) is 19.6 Å². The van der Waals surface area contributed by atoms with Gasteiger partial charge in [-0.2, -0.15) is 0 Å². The van der Waals surface area contributed by atoms with Crippen LogP contribution in [0, 0.1) is 12.8 Å². The zero-order chi connectivity index (χ0) is 17.8. The van der Waals surface area contributed by atoms with Gasteiger partial charge < -0.3 is 10.2 Å². The van der Waals surface area contributed by atoms with Crippen LogP contribution in [0.5, 0.6) is 0 Å². The van der Waals surface area contributed by atoms with Crippen LogP contribution < -0.4 is 5.32 Å². The van der Waals surface area contributed by atoms with E-state index in [-0.39, 0.29) is 24.2 Å². The molecule has 0 bridgehead atoms. The van der Waals surface area contributed by atoms with E-state index < -0.39 is 0 Å². The second-order valence-electron chi connectivity index (χ2n) is 6.42. The minimum atomic E-state index is -0.276. The highest BCUT2D eigenvalue weighted by Crippen LogP contribution is 2.21. The smallest absolute Gasteiger partial charge is 0.225 e. The van der Waals surface area contributed by atoms with Gasteiger partial charge in [0.05, 0.1) is 23.2 Å². The Morgan fingerprint density at radius 3 is 2.68 bits per heavy atom. The van der Waals surface area contributed by atoms with Crippen molar-refractivity contribution >= 4 is 23.2 Å². The fraction of sp³-hybridized carbons (Fsp3) is 0.421. The lowest BCUT2D eigenvalue weighted by Crippen LogP contribution is -2.32. The van der Waals surface area contributed by atoms with Crippen molar-refractivity contribution in [3.63, 3.8) is 0 Å². The molecule has 0 aliphatic carbocycles. The van der Waals surface area contributed by atoms with E-state index >= 15 is 0 Å². The molecule has 25 heavy (non-hydrogen) atoms. The summed E-state index contributed by atoms with van der Waals surface area (Å²) >= 11 is 1.57. The lowest BCUT2D eigenvalue weighted by atomic mass is 10.1. The van der Waals surface area contributed by atoms with E-state index in [1.807, 2.05) is 12.3 Å². The Bertz CT molecular complexity index is 754. The van der Waals surface area contributed by atoms with Crippen molar-refractivity contribution in [3.8, 4) is 0 Å². The first-order valence-electron chi connectivity index (χ1n) is 8.59. The summed E-state index contributed by atoms with van der Waals surface area (Å²) in [6.07, 6.45) is 1.29. The van der Waals surface area contributed by atoms with Gasteiger partial charge in [0.15, 0.2) is 0 Å². The van der Waals surface area contributed by atoms with Crippen LogP contribution in [-0.2, 0) is 29.1 Å². The summed E-state index contributed by atoms with van der Waals surface area (Å²) in [5.41, 5.74) is 3.25. The number of amides is 2. The van der Waals surface area contributed by atoms with E-state index in [4.69, 9.17) is 0 Å². The molecule has 0 spiro atoms. The summed E-state index contributed by atoms with van der Waals surface area (Å²) in [7, 11) is 0. The molecule has 1 saturated heterocycles. The Kier molecular flexibility index (Phi) is 5.48. The third-order valence-corrected chi connectivity index (χ3v) is 5.32. The fourth-order valence-corrected chi connectivity index (χ4v) is 3.63. The maximum atomic E-state index is 12.3. The topological polar surface area (TPSA) is 62.3 Å². The quantitative estimate of drug-likeness (QED) is 0.865. The Morgan fingerprint density at radius 1 is 1.32 bits per heavy atom. The zero-order valence-corrected chi connectivity index (χ0v) is 15.4. The van der Waals surface area contributed by atoms with Gasteiger partial charge in [-0.15, -0.1) is 11.3 Å². The maximum absolute atomic E-state index is 12.3. The number of nitrogens with zero attached hydrogens (tertiary/aromatic N) is 2. The van der Waals surface area contributed by atoms with Crippen molar-refractivity contribution in [2.75, 3.05) is 6.54 Å². The van der Waals surface area contributed by atoms with Gasteiger partial charge in [-0.3, -0.25) is 9.59 Å². The molecule has 1 fully saturated rings. The molecule has 2 heterocycles. The Morgan fingerprint density at radius 2 is 2.04 bits per heavy atom. The number of benzene rings is 1. The van der Waals surface area contributed by atoms with Crippen molar-refractivity contribution in [1.29, 1.82) is 0 Å². The van der Waals surface area contributed by atoms with Gasteiger partial charge >= 0.3 is 0 Å². The van der Waals surface area contributed by atoms with Crippen molar-refractivity contribution in [1.82, 2.24) is 15.2 Å². The second-order valence-corrected chi connectivity index (χ2v) is 7.48. The number of hydrogen-bond donors (Lipinski definition) is 1. The van der Waals surface area contributed by atoms with Gasteiger partial charge in [0.25, 0.3) is 0 Å². The Labute approximate surface area is 152 Å². The number of thiazole rings is 1. The van der Waals surface area contributed by atoms with Gasteiger partial charge in [-0.25, -0.2) is 4.98 Å². The van der Waals surface area contributed by atoms with Crippen LogP contribution >= 0.6 is 11.3 Å². The Balaban J connectivity index is 1.53. The molecule has 1 aliphatic heterocycles. The van der Waals surface area contributed by atoms with Gasteiger partial charge in [0.1, 0.15) is 0 Å². The van der Waals surface area contributed by atoms with Crippen molar-refractivity contribution in [3.05, 3.63) is 51.5 Å². The number of carbonyl (C=O) groups is 2. The van der Waals surface area contributed by atoms with Crippen LogP contribution in [0.1, 0.15) is 35.2 Å². The summed E-state index contributed by atoms with van der Waals surface area (Å²) in [5.74, 6) is -0.297. The average molecular weight is 357 g/mol. The summed E-state index contributed by atoms with van der Waals surface area (Å²) in [4.78, 5) is 30.7. The number of hydrogen-bond acceptors (Lipinski definition) is 4. The molecule has 0 radical (unpaired) electrons. The van der Waals surface area contributed by atoms with Crippen LogP contribution in [-0.4, -0.2) is 28.2 Å². The Hall–Kier alpha value is -2.21. The molecule has 1 unspecified atom stereocenters. The van der Waals surface area contributed by atoms with Crippen LogP contribution in [0.15, 0.2) is 29.6 Å². The molecule has 132 valence electrons. The highest BCUT2D eigenvalue weighted by Gasteiger charge is 2.34. The molecule has 6 heteroatoms. The van der Waals surface area contributed by atoms with E-state index in [9.17, 15) is 9.59 Å². The second kappa shape index (κ2) is 7.78. The molecule has 5 nitrogen and oxygen atoms in total. The van der Waals surface area contributed by atoms with Gasteiger partial charge in [0.2, 0.25) is 11.8 Å². The minimum Gasteiger partial charge on any atom is -0.350 e. The minimum absolute atomic E-state index is 0.0456. The van der Waals surface area contributed by atoms with Crippen LogP contribution in [0.4, 0.5) is 0 Å². The first-order chi connectivity index (χ1) is 12.0. The van der Waals surface area contributed by atoms with E-state index in [1.54, 1.807) is 16.2 Å². The molecular weight excluding hydrogens is 334 g/mol. The summed E-state index contributed by atoms with van der Waals surface area (Å²) < 4.78 is 0.